The molecule has 1 unspecified atom stereocenters. The van der Waals surface area contributed by atoms with Crippen LogP contribution in [-0.4, -0.2) is 23.3 Å². The average molecular weight is 274 g/mol. The van der Waals surface area contributed by atoms with Gasteiger partial charge in [-0.25, -0.2) is 0 Å². The molecule has 0 aliphatic rings. The topological polar surface area (TPSA) is 45.2 Å². The van der Waals surface area contributed by atoms with Crippen LogP contribution < -0.4 is 4.74 Å². The fraction of sp³-hybridized carbons (Fsp3) is 0.333. The average Bonchev–Trinajstić information content (AvgIpc) is 2.81. The number of aliphatic hydroxyl groups excluding tert-OH is 1. The molecule has 1 atom stereocenters. The van der Waals surface area contributed by atoms with Crippen molar-refractivity contribution in [1.82, 2.24) is 4.98 Å². The molecule has 0 amide bonds. The molecule has 2 aromatic rings. The van der Waals surface area contributed by atoms with Crippen molar-refractivity contribution in [3.8, 4) is 5.75 Å². The predicted molar refractivity (Wildman–Crippen MR) is 70.1 cm³/mol. The van der Waals surface area contributed by atoms with Crippen molar-refractivity contribution < 1.29 is 9.84 Å². The zero-order valence-electron chi connectivity index (χ0n) is 9.34. The summed E-state index contributed by atoms with van der Waals surface area (Å²) in [5.74, 6) is 0.759. The number of halogens is 2. The molecule has 0 fully saturated rings. The van der Waals surface area contributed by atoms with Gasteiger partial charge in [0.2, 0.25) is 0 Å². The number of fused-ring (bicyclic) bond motifs is 1. The maximum atomic E-state index is 8.95. The third kappa shape index (κ3) is 2.51. The summed E-state index contributed by atoms with van der Waals surface area (Å²) >= 11 is 12.1. The Bertz CT molecular complexity index is 524. The van der Waals surface area contributed by atoms with E-state index < -0.39 is 0 Å². The van der Waals surface area contributed by atoms with Crippen LogP contribution in [0.15, 0.2) is 18.3 Å². The molecule has 1 heterocycles. The van der Waals surface area contributed by atoms with Gasteiger partial charge in [0, 0.05) is 30.2 Å². The van der Waals surface area contributed by atoms with Crippen LogP contribution in [0, 0.1) is 5.92 Å². The zero-order valence-corrected chi connectivity index (χ0v) is 10.8. The summed E-state index contributed by atoms with van der Waals surface area (Å²) in [6.07, 6.45) is 1.79. The van der Waals surface area contributed by atoms with Crippen LogP contribution in [0.5, 0.6) is 5.75 Å². The first-order valence-electron chi connectivity index (χ1n) is 5.32. The van der Waals surface area contributed by atoms with Gasteiger partial charge in [0.05, 0.1) is 22.2 Å². The van der Waals surface area contributed by atoms with Crippen molar-refractivity contribution in [2.45, 2.75) is 6.92 Å². The van der Waals surface area contributed by atoms with E-state index >= 15 is 0 Å². The van der Waals surface area contributed by atoms with Crippen LogP contribution in [0.2, 0.25) is 10.0 Å². The number of hydrogen-bond donors (Lipinski definition) is 2. The van der Waals surface area contributed by atoms with Crippen LogP contribution in [0.4, 0.5) is 0 Å². The molecule has 1 aromatic carbocycles. The monoisotopic (exact) mass is 273 g/mol. The molecular formula is C12H13Cl2NO2. The number of hydrogen-bond acceptors (Lipinski definition) is 2. The van der Waals surface area contributed by atoms with Gasteiger partial charge in [-0.2, -0.15) is 0 Å². The standard InChI is InChI=1S/C12H13Cl2NO2/c1-7(5-16)6-17-10-4-9(13)11(14)12-8(10)2-3-15-12/h2-4,7,15-16H,5-6H2,1H3. The molecule has 92 valence electrons. The van der Waals surface area contributed by atoms with Crippen LogP contribution in [-0.2, 0) is 0 Å². The van der Waals surface area contributed by atoms with Crippen LogP contribution in [0.1, 0.15) is 6.92 Å². The largest absolute Gasteiger partial charge is 0.492 e. The minimum absolute atomic E-state index is 0.0819. The van der Waals surface area contributed by atoms with Gasteiger partial charge in [-0.3, -0.25) is 0 Å². The van der Waals surface area contributed by atoms with Gasteiger partial charge in [0.15, 0.2) is 0 Å². The smallest absolute Gasteiger partial charge is 0.130 e. The number of aliphatic hydroxyl groups is 1. The molecule has 0 spiro atoms. The van der Waals surface area contributed by atoms with Gasteiger partial charge < -0.3 is 14.8 Å². The third-order valence-electron chi connectivity index (χ3n) is 2.53. The summed E-state index contributed by atoms with van der Waals surface area (Å²) in [4.78, 5) is 3.02. The van der Waals surface area contributed by atoms with E-state index in [0.29, 0.717) is 22.4 Å². The lowest BCUT2D eigenvalue weighted by Gasteiger charge is -2.12. The Hall–Kier alpha value is -0.900. The fourth-order valence-electron chi connectivity index (χ4n) is 1.54. The second-order valence-corrected chi connectivity index (χ2v) is 4.82. The molecule has 0 aliphatic heterocycles. The molecule has 2 N–H and O–H groups in total. The Labute approximate surface area is 109 Å². The Morgan fingerprint density at radius 3 is 2.94 bits per heavy atom. The van der Waals surface area contributed by atoms with Crippen LogP contribution in [0.25, 0.3) is 10.9 Å². The van der Waals surface area contributed by atoms with Crippen molar-refractivity contribution in [1.29, 1.82) is 0 Å². The summed E-state index contributed by atoms with van der Waals surface area (Å²) in [7, 11) is 0. The maximum Gasteiger partial charge on any atom is 0.130 e. The lowest BCUT2D eigenvalue weighted by Crippen LogP contribution is -2.12. The number of rotatable bonds is 4. The number of H-pyrrole nitrogens is 1. The van der Waals surface area contributed by atoms with Gasteiger partial charge in [0.1, 0.15) is 5.75 Å². The highest BCUT2D eigenvalue weighted by molar-refractivity contribution is 6.45. The highest BCUT2D eigenvalue weighted by Crippen LogP contribution is 2.36. The van der Waals surface area contributed by atoms with Crippen LogP contribution >= 0.6 is 23.2 Å². The lowest BCUT2D eigenvalue weighted by atomic mass is 10.2. The number of ether oxygens (including phenoxy) is 1. The molecule has 3 nitrogen and oxygen atoms in total. The SMILES string of the molecule is CC(CO)COc1cc(Cl)c(Cl)c2[nH]ccc12. The highest BCUT2D eigenvalue weighted by atomic mass is 35.5. The second-order valence-electron chi connectivity index (χ2n) is 4.04. The fourth-order valence-corrected chi connectivity index (χ4v) is 1.94. The van der Waals surface area contributed by atoms with Gasteiger partial charge in [0.25, 0.3) is 0 Å². The molecule has 0 aliphatic carbocycles. The maximum absolute atomic E-state index is 8.95. The number of aromatic nitrogens is 1. The van der Waals surface area contributed by atoms with Crippen LogP contribution in [0.3, 0.4) is 0 Å². The highest BCUT2D eigenvalue weighted by Gasteiger charge is 2.12. The summed E-state index contributed by atoms with van der Waals surface area (Å²) in [5, 5.41) is 10.8. The van der Waals surface area contributed by atoms with Gasteiger partial charge in [-0.05, 0) is 6.07 Å². The van der Waals surface area contributed by atoms with Crippen molar-refractivity contribution >= 4 is 34.1 Å². The normalized spacial score (nSPS) is 12.9. The minimum Gasteiger partial charge on any atom is -0.492 e. The summed E-state index contributed by atoms with van der Waals surface area (Å²) in [5.41, 5.74) is 0.769. The number of aromatic amines is 1. The quantitative estimate of drug-likeness (QED) is 0.896. The van der Waals surface area contributed by atoms with Crippen molar-refractivity contribution in [3.63, 3.8) is 0 Å². The van der Waals surface area contributed by atoms with E-state index in [2.05, 4.69) is 4.98 Å². The molecule has 17 heavy (non-hydrogen) atoms. The van der Waals surface area contributed by atoms with E-state index in [1.54, 1.807) is 12.3 Å². The van der Waals surface area contributed by atoms with E-state index in [-0.39, 0.29) is 12.5 Å². The Morgan fingerprint density at radius 2 is 2.24 bits per heavy atom. The molecule has 0 bridgehead atoms. The molecule has 5 heteroatoms. The zero-order chi connectivity index (χ0) is 12.4. The van der Waals surface area contributed by atoms with E-state index in [1.165, 1.54) is 0 Å². The van der Waals surface area contributed by atoms with Crippen molar-refractivity contribution in [3.05, 3.63) is 28.4 Å². The van der Waals surface area contributed by atoms with E-state index in [0.717, 1.165) is 10.9 Å². The second kappa shape index (κ2) is 5.17. The van der Waals surface area contributed by atoms with E-state index in [1.807, 2.05) is 13.0 Å². The Kier molecular flexibility index (Phi) is 3.82. The van der Waals surface area contributed by atoms with Crippen molar-refractivity contribution in [2.75, 3.05) is 13.2 Å². The molecule has 1 aromatic heterocycles. The summed E-state index contributed by atoms with van der Waals surface area (Å²) < 4.78 is 5.64. The first kappa shape index (κ1) is 12.6. The molecular weight excluding hydrogens is 261 g/mol. The predicted octanol–water partition coefficient (Wildman–Crippen LogP) is 3.48. The molecule has 0 radical (unpaired) electrons. The molecule has 0 saturated carbocycles. The Balaban J connectivity index is 2.34. The van der Waals surface area contributed by atoms with Crippen molar-refractivity contribution in [2.24, 2.45) is 5.92 Å². The number of nitrogens with one attached hydrogen (secondary N) is 1. The first-order valence-corrected chi connectivity index (χ1v) is 6.07. The summed E-state index contributed by atoms with van der Waals surface area (Å²) in [6, 6.07) is 3.58. The Morgan fingerprint density at radius 1 is 1.47 bits per heavy atom. The summed E-state index contributed by atoms with van der Waals surface area (Å²) in [6.45, 7) is 2.44. The van der Waals surface area contributed by atoms with E-state index in [9.17, 15) is 0 Å². The van der Waals surface area contributed by atoms with Gasteiger partial charge >= 0.3 is 0 Å². The lowest BCUT2D eigenvalue weighted by molar-refractivity contribution is 0.175. The minimum atomic E-state index is 0.0819. The third-order valence-corrected chi connectivity index (χ3v) is 3.32. The molecule has 2 rings (SSSR count). The van der Waals surface area contributed by atoms with E-state index in [4.69, 9.17) is 33.0 Å². The van der Waals surface area contributed by atoms with Gasteiger partial charge in [-0.15, -0.1) is 0 Å². The van der Waals surface area contributed by atoms with Gasteiger partial charge in [-0.1, -0.05) is 30.1 Å². The first-order chi connectivity index (χ1) is 8.13. The molecule has 0 saturated heterocycles. The number of benzene rings is 1.